The van der Waals surface area contributed by atoms with Crippen molar-refractivity contribution in [2.24, 2.45) is 7.05 Å². The van der Waals surface area contributed by atoms with Gasteiger partial charge in [-0.2, -0.15) is 0 Å². The minimum absolute atomic E-state index is 0.0412. The van der Waals surface area contributed by atoms with Crippen LogP contribution in [0, 0.1) is 17.5 Å². The van der Waals surface area contributed by atoms with Gasteiger partial charge in [-0.25, -0.2) is 18.2 Å². The standard InChI is InChI=1S/C17H14F3N3O2/c1-23-8-22-13-3-4-14(25-2)10(16(13)23)7-21-17(24)9-5-11(18)15(20)12(19)6-9/h3-6,8H,7H2,1-2H3,(H,21,24). The molecule has 0 bridgehead atoms. The molecule has 25 heavy (non-hydrogen) atoms. The number of carbonyl (C=O) groups is 1. The largest absolute Gasteiger partial charge is 0.496 e. The molecular weight excluding hydrogens is 335 g/mol. The Bertz CT molecular complexity index is 946. The van der Waals surface area contributed by atoms with Crippen molar-refractivity contribution in [2.45, 2.75) is 6.54 Å². The number of hydrogen-bond donors (Lipinski definition) is 1. The molecule has 0 saturated carbocycles. The van der Waals surface area contributed by atoms with E-state index in [0.717, 1.165) is 5.52 Å². The van der Waals surface area contributed by atoms with Gasteiger partial charge >= 0.3 is 0 Å². The number of benzene rings is 2. The summed E-state index contributed by atoms with van der Waals surface area (Å²) in [6, 6.07) is 4.80. The van der Waals surface area contributed by atoms with Crippen molar-refractivity contribution in [2.75, 3.05) is 7.11 Å². The number of nitrogens with zero attached hydrogens (tertiary/aromatic N) is 2. The molecule has 0 aliphatic rings. The van der Waals surface area contributed by atoms with Crippen LogP contribution in [0.15, 0.2) is 30.6 Å². The van der Waals surface area contributed by atoms with Crippen molar-refractivity contribution >= 4 is 16.9 Å². The van der Waals surface area contributed by atoms with E-state index in [1.165, 1.54) is 7.11 Å². The van der Waals surface area contributed by atoms with Crippen molar-refractivity contribution in [3.8, 4) is 5.75 Å². The number of halogens is 3. The number of imidazole rings is 1. The van der Waals surface area contributed by atoms with Gasteiger partial charge in [0.25, 0.3) is 5.91 Å². The lowest BCUT2D eigenvalue weighted by atomic mass is 10.1. The Morgan fingerprint density at radius 2 is 1.92 bits per heavy atom. The first kappa shape index (κ1) is 16.8. The predicted octanol–water partition coefficient (Wildman–Crippen LogP) is 2.93. The first-order valence-corrected chi connectivity index (χ1v) is 7.32. The number of nitrogens with one attached hydrogen (secondary N) is 1. The van der Waals surface area contributed by atoms with Gasteiger partial charge in [-0.1, -0.05) is 0 Å². The number of aromatic nitrogens is 2. The van der Waals surface area contributed by atoms with Gasteiger partial charge in [-0.05, 0) is 24.3 Å². The highest BCUT2D eigenvalue weighted by Gasteiger charge is 2.17. The molecule has 0 radical (unpaired) electrons. The first-order chi connectivity index (χ1) is 11.9. The van der Waals surface area contributed by atoms with Crippen LogP contribution in [0.4, 0.5) is 13.2 Å². The van der Waals surface area contributed by atoms with E-state index in [1.807, 2.05) is 0 Å². The average Bonchev–Trinajstić information content (AvgIpc) is 2.98. The summed E-state index contributed by atoms with van der Waals surface area (Å²) in [6.07, 6.45) is 1.63. The summed E-state index contributed by atoms with van der Waals surface area (Å²) < 4.78 is 46.6. The molecule has 2 aromatic carbocycles. The Balaban J connectivity index is 1.90. The van der Waals surface area contributed by atoms with Gasteiger partial charge < -0.3 is 14.6 Å². The molecule has 0 saturated heterocycles. The number of methoxy groups -OCH3 is 1. The molecule has 3 rings (SSSR count). The van der Waals surface area contributed by atoms with E-state index < -0.39 is 23.4 Å². The topological polar surface area (TPSA) is 56.1 Å². The molecule has 0 unspecified atom stereocenters. The molecular formula is C17H14F3N3O2. The second-order valence-electron chi connectivity index (χ2n) is 5.41. The number of carbonyl (C=O) groups excluding carboxylic acids is 1. The second-order valence-corrected chi connectivity index (χ2v) is 5.41. The second kappa shape index (κ2) is 6.46. The monoisotopic (exact) mass is 349 g/mol. The van der Waals surface area contributed by atoms with E-state index in [9.17, 15) is 18.0 Å². The van der Waals surface area contributed by atoms with E-state index in [-0.39, 0.29) is 12.1 Å². The Morgan fingerprint density at radius 3 is 2.56 bits per heavy atom. The Labute approximate surface area is 141 Å². The predicted molar refractivity (Wildman–Crippen MR) is 84.8 cm³/mol. The molecule has 8 heteroatoms. The van der Waals surface area contributed by atoms with Crippen LogP contribution in [0.3, 0.4) is 0 Å². The molecule has 1 amide bonds. The van der Waals surface area contributed by atoms with Crippen LogP contribution in [0.1, 0.15) is 15.9 Å². The fraction of sp³-hybridized carbons (Fsp3) is 0.176. The Kier molecular flexibility index (Phi) is 4.35. The maximum atomic E-state index is 13.3. The summed E-state index contributed by atoms with van der Waals surface area (Å²) in [5.74, 6) is -4.65. The lowest BCUT2D eigenvalue weighted by molar-refractivity contribution is 0.0949. The number of aryl methyl sites for hydroxylation is 1. The van der Waals surface area contributed by atoms with Gasteiger partial charge in [0.05, 0.1) is 24.5 Å². The molecule has 130 valence electrons. The van der Waals surface area contributed by atoms with Gasteiger partial charge in [-0.3, -0.25) is 4.79 Å². The number of hydrogen-bond acceptors (Lipinski definition) is 3. The SMILES string of the molecule is COc1ccc2ncn(C)c2c1CNC(=O)c1cc(F)c(F)c(F)c1. The van der Waals surface area contributed by atoms with Crippen molar-refractivity contribution in [1.82, 2.24) is 14.9 Å². The third-order valence-electron chi connectivity index (χ3n) is 3.83. The molecule has 0 fully saturated rings. The lowest BCUT2D eigenvalue weighted by Crippen LogP contribution is -2.24. The third kappa shape index (κ3) is 3.02. The van der Waals surface area contributed by atoms with E-state index in [1.54, 1.807) is 30.1 Å². The molecule has 0 aliphatic heterocycles. The zero-order chi connectivity index (χ0) is 18.1. The highest BCUT2D eigenvalue weighted by molar-refractivity contribution is 5.94. The normalized spacial score (nSPS) is 10.9. The average molecular weight is 349 g/mol. The van der Waals surface area contributed by atoms with E-state index in [4.69, 9.17) is 4.74 Å². The number of rotatable bonds is 4. The minimum atomic E-state index is -1.61. The lowest BCUT2D eigenvalue weighted by Gasteiger charge is -2.12. The molecule has 0 aliphatic carbocycles. The van der Waals surface area contributed by atoms with Gasteiger partial charge in [-0.15, -0.1) is 0 Å². The zero-order valence-electron chi connectivity index (χ0n) is 13.4. The van der Waals surface area contributed by atoms with E-state index >= 15 is 0 Å². The smallest absolute Gasteiger partial charge is 0.251 e. The Hall–Kier alpha value is -3.03. The van der Waals surface area contributed by atoms with Crippen LogP contribution < -0.4 is 10.1 Å². The molecule has 0 atom stereocenters. The quantitative estimate of drug-likeness (QED) is 0.737. The summed E-state index contributed by atoms with van der Waals surface area (Å²) in [4.78, 5) is 16.4. The Morgan fingerprint density at radius 1 is 1.24 bits per heavy atom. The molecule has 1 aromatic heterocycles. The minimum Gasteiger partial charge on any atom is -0.496 e. The van der Waals surface area contributed by atoms with Crippen LogP contribution in [-0.2, 0) is 13.6 Å². The third-order valence-corrected chi connectivity index (χ3v) is 3.83. The zero-order valence-corrected chi connectivity index (χ0v) is 13.4. The van der Waals surface area contributed by atoms with Crippen molar-refractivity contribution in [3.63, 3.8) is 0 Å². The maximum absolute atomic E-state index is 13.3. The number of ether oxygens (including phenoxy) is 1. The van der Waals surface area contributed by atoms with Gasteiger partial charge in [0.15, 0.2) is 17.5 Å². The molecule has 0 spiro atoms. The fourth-order valence-corrected chi connectivity index (χ4v) is 2.63. The van der Waals surface area contributed by atoms with Crippen molar-refractivity contribution in [3.05, 3.63) is 59.2 Å². The summed E-state index contributed by atoms with van der Waals surface area (Å²) >= 11 is 0. The van der Waals surface area contributed by atoms with Crippen LogP contribution >= 0.6 is 0 Å². The summed E-state index contributed by atoms with van der Waals surface area (Å²) in [7, 11) is 3.29. The van der Waals surface area contributed by atoms with E-state index in [0.29, 0.717) is 29.0 Å². The highest BCUT2D eigenvalue weighted by atomic mass is 19.2. The highest BCUT2D eigenvalue weighted by Crippen LogP contribution is 2.27. The van der Waals surface area contributed by atoms with Crippen LogP contribution in [0.25, 0.3) is 11.0 Å². The summed E-state index contributed by atoms with van der Waals surface area (Å²) in [5.41, 5.74) is 1.83. The van der Waals surface area contributed by atoms with Crippen LogP contribution in [-0.4, -0.2) is 22.6 Å². The molecule has 3 aromatic rings. The van der Waals surface area contributed by atoms with Crippen LogP contribution in [0.5, 0.6) is 5.75 Å². The van der Waals surface area contributed by atoms with Crippen molar-refractivity contribution in [1.29, 1.82) is 0 Å². The molecule has 5 nitrogen and oxygen atoms in total. The summed E-state index contributed by atoms with van der Waals surface area (Å²) in [5, 5.41) is 2.56. The van der Waals surface area contributed by atoms with Gasteiger partial charge in [0.1, 0.15) is 5.75 Å². The summed E-state index contributed by atoms with van der Waals surface area (Å²) in [6.45, 7) is 0.0412. The molecule has 1 N–H and O–H groups in total. The number of amides is 1. The fourth-order valence-electron chi connectivity index (χ4n) is 2.63. The first-order valence-electron chi connectivity index (χ1n) is 7.32. The molecule has 1 heterocycles. The van der Waals surface area contributed by atoms with E-state index in [2.05, 4.69) is 10.3 Å². The van der Waals surface area contributed by atoms with Gasteiger partial charge in [0, 0.05) is 24.7 Å². The maximum Gasteiger partial charge on any atom is 0.251 e. The van der Waals surface area contributed by atoms with Crippen molar-refractivity contribution < 1.29 is 22.7 Å². The van der Waals surface area contributed by atoms with Gasteiger partial charge in [0.2, 0.25) is 0 Å². The number of fused-ring (bicyclic) bond motifs is 1. The van der Waals surface area contributed by atoms with Crippen LogP contribution in [0.2, 0.25) is 0 Å².